The number of aromatic carboxylic acids is 1. The zero-order valence-electron chi connectivity index (χ0n) is 10.2. The SMILES string of the molecule is COCc1nnc(Sc2nc(C(F)(F)F)c(C(=O)O)s2)s1. The Morgan fingerprint density at radius 3 is 2.57 bits per heavy atom. The van der Waals surface area contributed by atoms with Gasteiger partial charge in [-0.25, -0.2) is 9.78 Å². The van der Waals surface area contributed by atoms with Crippen LogP contribution in [0.15, 0.2) is 8.68 Å². The van der Waals surface area contributed by atoms with E-state index in [9.17, 15) is 18.0 Å². The van der Waals surface area contributed by atoms with Crippen LogP contribution in [0.2, 0.25) is 0 Å². The van der Waals surface area contributed by atoms with Crippen molar-refractivity contribution >= 4 is 40.4 Å². The van der Waals surface area contributed by atoms with E-state index in [-0.39, 0.29) is 10.9 Å². The number of methoxy groups -OCH3 is 1. The van der Waals surface area contributed by atoms with Gasteiger partial charge in [0.1, 0.15) is 9.88 Å². The Morgan fingerprint density at radius 2 is 2.05 bits per heavy atom. The molecule has 0 saturated heterocycles. The molecule has 2 aromatic heterocycles. The third-order valence-electron chi connectivity index (χ3n) is 1.96. The molecule has 0 aliphatic heterocycles. The summed E-state index contributed by atoms with van der Waals surface area (Å²) in [6.45, 7) is 0.240. The lowest BCUT2D eigenvalue weighted by molar-refractivity contribution is -0.141. The highest BCUT2D eigenvalue weighted by Crippen LogP contribution is 2.40. The lowest BCUT2D eigenvalue weighted by atomic mass is 10.3. The number of carboxylic acids is 1. The first-order chi connectivity index (χ1) is 9.81. The van der Waals surface area contributed by atoms with E-state index in [0.717, 1.165) is 23.1 Å². The van der Waals surface area contributed by atoms with Gasteiger partial charge >= 0.3 is 12.1 Å². The van der Waals surface area contributed by atoms with Gasteiger partial charge in [0.25, 0.3) is 0 Å². The fraction of sp³-hybridized carbons (Fsp3) is 0.333. The largest absolute Gasteiger partial charge is 0.477 e. The van der Waals surface area contributed by atoms with Crippen molar-refractivity contribution in [2.45, 2.75) is 21.5 Å². The lowest BCUT2D eigenvalue weighted by Crippen LogP contribution is -2.11. The van der Waals surface area contributed by atoms with Crippen LogP contribution < -0.4 is 0 Å². The number of rotatable bonds is 5. The van der Waals surface area contributed by atoms with Crippen molar-refractivity contribution in [3.8, 4) is 0 Å². The van der Waals surface area contributed by atoms with Gasteiger partial charge in [-0.05, 0) is 11.8 Å². The fourth-order valence-electron chi connectivity index (χ4n) is 1.22. The van der Waals surface area contributed by atoms with Crippen molar-refractivity contribution in [3.05, 3.63) is 15.6 Å². The Hall–Kier alpha value is -1.24. The molecule has 114 valence electrons. The molecule has 0 saturated carbocycles. The van der Waals surface area contributed by atoms with Gasteiger partial charge in [0, 0.05) is 7.11 Å². The van der Waals surface area contributed by atoms with Crippen LogP contribution in [0.1, 0.15) is 20.4 Å². The van der Waals surface area contributed by atoms with Crippen LogP contribution >= 0.6 is 34.4 Å². The van der Waals surface area contributed by atoms with Crippen LogP contribution in [0.25, 0.3) is 0 Å². The first-order valence-electron chi connectivity index (χ1n) is 5.11. The number of carbonyl (C=O) groups is 1. The Labute approximate surface area is 128 Å². The number of carboxylic acid groups (broad SMARTS) is 1. The molecule has 0 amide bonds. The van der Waals surface area contributed by atoms with Gasteiger partial charge in [-0.3, -0.25) is 0 Å². The topological polar surface area (TPSA) is 85.2 Å². The summed E-state index contributed by atoms with van der Waals surface area (Å²) in [7, 11) is 1.48. The summed E-state index contributed by atoms with van der Waals surface area (Å²) in [5.74, 6) is -1.66. The van der Waals surface area contributed by atoms with Crippen LogP contribution in [0, 0.1) is 0 Å². The lowest BCUT2D eigenvalue weighted by Gasteiger charge is -2.02. The number of thiazole rings is 1. The van der Waals surface area contributed by atoms with Gasteiger partial charge in [-0.1, -0.05) is 22.7 Å². The Balaban J connectivity index is 2.26. The van der Waals surface area contributed by atoms with E-state index < -0.39 is 22.7 Å². The maximum atomic E-state index is 12.7. The van der Waals surface area contributed by atoms with E-state index in [4.69, 9.17) is 9.84 Å². The summed E-state index contributed by atoms with van der Waals surface area (Å²) in [6, 6.07) is 0. The molecular weight excluding hydrogens is 351 g/mol. The molecule has 2 aromatic rings. The number of ether oxygens (including phenoxy) is 1. The molecule has 0 atom stereocenters. The zero-order chi connectivity index (χ0) is 15.6. The van der Waals surface area contributed by atoms with E-state index in [1.807, 2.05) is 0 Å². The number of alkyl halides is 3. The maximum Gasteiger partial charge on any atom is 0.435 e. The summed E-state index contributed by atoms with van der Waals surface area (Å²) in [6.07, 6.45) is -4.81. The second-order valence-electron chi connectivity index (χ2n) is 3.46. The molecule has 0 unspecified atom stereocenters. The van der Waals surface area contributed by atoms with Gasteiger partial charge < -0.3 is 9.84 Å². The molecule has 0 bridgehead atoms. The predicted octanol–water partition coefficient (Wildman–Crippen LogP) is 3.01. The average Bonchev–Trinajstić information content (AvgIpc) is 2.96. The van der Waals surface area contributed by atoms with Gasteiger partial charge in [-0.15, -0.1) is 10.2 Å². The van der Waals surface area contributed by atoms with Crippen molar-refractivity contribution in [2.75, 3.05) is 7.11 Å². The quantitative estimate of drug-likeness (QED) is 0.880. The minimum absolute atomic E-state index is 0.0557. The molecule has 0 spiro atoms. The summed E-state index contributed by atoms with van der Waals surface area (Å²) >= 11 is 2.43. The average molecular weight is 357 g/mol. The molecule has 0 aromatic carbocycles. The highest BCUT2D eigenvalue weighted by molar-refractivity contribution is 8.02. The van der Waals surface area contributed by atoms with Crippen LogP contribution in [0.4, 0.5) is 13.2 Å². The number of halogens is 3. The van der Waals surface area contributed by atoms with Gasteiger partial charge in [0.05, 0.1) is 6.61 Å². The highest BCUT2D eigenvalue weighted by atomic mass is 32.2. The first-order valence-corrected chi connectivity index (χ1v) is 7.56. The van der Waals surface area contributed by atoms with E-state index in [1.54, 1.807) is 0 Å². The molecule has 1 N–H and O–H groups in total. The van der Waals surface area contributed by atoms with Crippen molar-refractivity contribution in [2.24, 2.45) is 0 Å². The fourth-order valence-corrected chi connectivity index (χ4v) is 4.29. The van der Waals surface area contributed by atoms with E-state index >= 15 is 0 Å². The van der Waals surface area contributed by atoms with E-state index in [0.29, 0.717) is 20.7 Å². The van der Waals surface area contributed by atoms with Crippen molar-refractivity contribution < 1.29 is 27.8 Å². The van der Waals surface area contributed by atoms with Crippen LogP contribution in [0.5, 0.6) is 0 Å². The molecular formula is C9H6F3N3O3S3. The number of nitrogens with zero attached hydrogens (tertiary/aromatic N) is 3. The van der Waals surface area contributed by atoms with E-state index in [2.05, 4.69) is 15.2 Å². The monoisotopic (exact) mass is 357 g/mol. The number of hydrogen-bond acceptors (Lipinski definition) is 8. The summed E-state index contributed by atoms with van der Waals surface area (Å²) in [5, 5.41) is 16.9. The molecule has 0 radical (unpaired) electrons. The third-order valence-corrected chi connectivity index (χ3v) is 5.01. The minimum atomic E-state index is -4.81. The Morgan fingerprint density at radius 1 is 1.33 bits per heavy atom. The molecule has 6 nitrogen and oxygen atoms in total. The maximum absolute atomic E-state index is 12.7. The predicted molar refractivity (Wildman–Crippen MR) is 68.8 cm³/mol. The first kappa shape index (κ1) is 16.1. The smallest absolute Gasteiger partial charge is 0.435 e. The van der Waals surface area contributed by atoms with Gasteiger partial charge in [0.2, 0.25) is 0 Å². The molecule has 0 fully saturated rings. The third kappa shape index (κ3) is 3.90. The normalized spacial score (nSPS) is 11.8. The van der Waals surface area contributed by atoms with Crippen molar-refractivity contribution in [1.29, 1.82) is 0 Å². The standard InChI is InChI=1S/C9H6F3N3O3S3/c1-18-2-3-14-15-8(19-3)21-7-13-5(9(10,11)12)4(20-7)6(16)17/h2H2,1H3,(H,16,17). The molecule has 2 rings (SSSR count). The molecule has 21 heavy (non-hydrogen) atoms. The van der Waals surface area contributed by atoms with Crippen molar-refractivity contribution in [1.82, 2.24) is 15.2 Å². The van der Waals surface area contributed by atoms with Crippen LogP contribution in [0.3, 0.4) is 0 Å². The second kappa shape index (κ2) is 6.25. The van der Waals surface area contributed by atoms with Crippen molar-refractivity contribution in [3.63, 3.8) is 0 Å². The zero-order valence-corrected chi connectivity index (χ0v) is 12.6. The Bertz CT molecular complexity index is 655. The summed E-state index contributed by atoms with van der Waals surface area (Å²) in [5.41, 5.74) is -1.40. The summed E-state index contributed by atoms with van der Waals surface area (Å²) < 4.78 is 43.2. The van der Waals surface area contributed by atoms with Crippen LogP contribution in [-0.2, 0) is 17.5 Å². The van der Waals surface area contributed by atoms with E-state index in [1.165, 1.54) is 7.11 Å². The van der Waals surface area contributed by atoms with Gasteiger partial charge in [-0.2, -0.15) is 13.2 Å². The highest BCUT2D eigenvalue weighted by Gasteiger charge is 2.39. The molecule has 12 heteroatoms. The molecule has 0 aliphatic carbocycles. The molecule has 2 heterocycles. The summed E-state index contributed by atoms with van der Waals surface area (Å²) in [4.78, 5) is 13.3. The molecule has 0 aliphatic rings. The second-order valence-corrected chi connectivity index (χ2v) is 7.01. The van der Waals surface area contributed by atoms with Gasteiger partial charge in [0.15, 0.2) is 14.4 Å². The van der Waals surface area contributed by atoms with Crippen LogP contribution in [-0.4, -0.2) is 33.4 Å². The Kier molecular flexibility index (Phi) is 4.81. The number of aromatic nitrogens is 3. The number of hydrogen-bond donors (Lipinski definition) is 1. The minimum Gasteiger partial charge on any atom is -0.477 e.